The maximum Gasteiger partial charge on any atom is 0.131 e. The molecule has 0 aliphatic carbocycles. The number of nitrogens with one attached hydrogen (secondary N) is 1. The van der Waals surface area contributed by atoms with E-state index in [-0.39, 0.29) is 11.9 Å². The molecule has 20 heavy (non-hydrogen) atoms. The molecule has 0 spiro atoms. The number of benzene rings is 2. The summed E-state index contributed by atoms with van der Waals surface area (Å²) in [7, 11) is 3.43. The largest absolute Gasteiger partial charge is 0.496 e. The molecule has 2 aromatic rings. The minimum atomic E-state index is -0.294. The van der Waals surface area contributed by atoms with Crippen LogP contribution in [-0.4, -0.2) is 14.2 Å². The molecule has 0 saturated heterocycles. The third-order valence-corrected chi connectivity index (χ3v) is 3.61. The molecule has 0 radical (unpaired) electrons. The molecule has 0 fully saturated rings. The molecule has 0 aliphatic rings. The van der Waals surface area contributed by atoms with E-state index in [0.29, 0.717) is 21.9 Å². The van der Waals surface area contributed by atoms with Crippen molar-refractivity contribution in [1.82, 2.24) is 5.32 Å². The molecule has 2 nitrogen and oxygen atoms in total. The van der Waals surface area contributed by atoms with Crippen LogP contribution in [-0.2, 0) is 0 Å². The van der Waals surface area contributed by atoms with Crippen LogP contribution in [0.15, 0.2) is 36.4 Å². The van der Waals surface area contributed by atoms with Gasteiger partial charge in [0.15, 0.2) is 0 Å². The Morgan fingerprint density at radius 1 is 1.15 bits per heavy atom. The summed E-state index contributed by atoms with van der Waals surface area (Å²) in [6.07, 6.45) is 0. The minimum absolute atomic E-state index is 0.138. The van der Waals surface area contributed by atoms with Gasteiger partial charge in [0.2, 0.25) is 0 Å². The van der Waals surface area contributed by atoms with Crippen LogP contribution in [0.3, 0.4) is 0 Å². The first-order valence-corrected chi connectivity index (χ1v) is 6.75. The third kappa shape index (κ3) is 2.94. The zero-order valence-corrected chi connectivity index (χ0v) is 12.5. The number of hydrogen-bond donors (Lipinski definition) is 1. The number of ether oxygens (including phenoxy) is 1. The highest BCUT2D eigenvalue weighted by Crippen LogP contribution is 2.35. The molecule has 0 aromatic heterocycles. The molecule has 0 amide bonds. The fraction of sp³-hybridized carbons (Fsp3) is 0.250. The van der Waals surface area contributed by atoms with E-state index in [4.69, 9.17) is 16.3 Å². The van der Waals surface area contributed by atoms with Gasteiger partial charge in [0.25, 0.3) is 0 Å². The molecule has 4 heteroatoms. The van der Waals surface area contributed by atoms with Crippen molar-refractivity contribution < 1.29 is 9.13 Å². The molecule has 0 aliphatic heterocycles. The van der Waals surface area contributed by atoms with Gasteiger partial charge in [-0.05, 0) is 49.9 Å². The van der Waals surface area contributed by atoms with Crippen LogP contribution in [0, 0.1) is 5.82 Å². The molecule has 2 aromatic carbocycles. The van der Waals surface area contributed by atoms with Gasteiger partial charge in [0, 0.05) is 22.2 Å². The van der Waals surface area contributed by atoms with E-state index in [1.54, 1.807) is 31.4 Å². The average molecular weight is 294 g/mol. The number of rotatable bonds is 4. The molecule has 1 N–H and O–H groups in total. The van der Waals surface area contributed by atoms with Gasteiger partial charge in [-0.15, -0.1) is 0 Å². The normalized spacial score (nSPS) is 12.2. The van der Waals surface area contributed by atoms with Crippen molar-refractivity contribution >= 4 is 11.6 Å². The second-order valence-corrected chi connectivity index (χ2v) is 5.03. The van der Waals surface area contributed by atoms with Gasteiger partial charge >= 0.3 is 0 Å². The zero-order valence-electron chi connectivity index (χ0n) is 11.7. The molecular weight excluding hydrogens is 277 g/mol. The Labute approximate surface area is 123 Å². The lowest BCUT2D eigenvalue weighted by Gasteiger charge is -2.15. The smallest absolute Gasteiger partial charge is 0.131 e. The van der Waals surface area contributed by atoms with Gasteiger partial charge in [-0.1, -0.05) is 17.7 Å². The van der Waals surface area contributed by atoms with Crippen LogP contribution in [0.4, 0.5) is 4.39 Å². The van der Waals surface area contributed by atoms with Gasteiger partial charge < -0.3 is 10.1 Å². The Kier molecular flexibility index (Phi) is 4.63. The van der Waals surface area contributed by atoms with Crippen molar-refractivity contribution in [2.45, 2.75) is 13.0 Å². The Hall–Kier alpha value is -1.58. The summed E-state index contributed by atoms with van der Waals surface area (Å²) in [5.74, 6) is 0.306. The Morgan fingerprint density at radius 2 is 1.90 bits per heavy atom. The number of halogens is 2. The number of hydrogen-bond acceptors (Lipinski definition) is 2. The summed E-state index contributed by atoms with van der Waals surface area (Å²) in [5, 5.41) is 3.69. The first kappa shape index (κ1) is 14.8. The molecule has 0 heterocycles. The fourth-order valence-corrected chi connectivity index (χ4v) is 2.25. The second kappa shape index (κ2) is 6.25. The Balaban J connectivity index is 2.59. The Bertz CT molecular complexity index is 615. The minimum Gasteiger partial charge on any atom is -0.496 e. The van der Waals surface area contributed by atoms with Crippen molar-refractivity contribution in [2.24, 2.45) is 0 Å². The average Bonchev–Trinajstić information content (AvgIpc) is 2.47. The van der Waals surface area contributed by atoms with E-state index >= 15 is 0 Å². The molecule has 1 atom stereocenters. The molecular formula is C16H17ClFNO. The highest BCUT2D eigenvalue weighted by Gasteiger charge is 2.14. The van der Waals surface area contributed by atoms with Crippen molar-refractivity contribution in [3.63, 3.8) is 0 Å². The van der Waals surface area contributed by atoms with E-state index in [9.17, 15) is 4.39 Å². The Morgan fingerprint density at radius 3 is 2.55 bits per heavy atom. The van der Waals surface area contributed by atoms with Crippen LogP contribution >= 0.6 is 11.6 Å². The van der Waals surface area contributed by atoms with Crippen LogP contribution in [0.1, 0.15) is 18.5 Å². The highest BCUT2D eigenvalue weighted by atomic mass is 35.5. The summed E-state index contributed by atoms with van der Waals surface area (Å²) in [5.41, 5.74) is 2.15. The predicted molar refractivity (Wildman–Crippen MR) is 80.9 cm³/mol. The summed E-state index contributed by atoms with van der Waals surface area (Å²) in [6.45, 7) is 2.02. The highest BCUT2D eigenvalue weighted by molar-refractivity contribution is 6.31. The van der Waals surface area contributed by atoms with Crippen LogP contribution in [0.2, 0.25) is 5.02 Å². The monoisotopic (exact) mass is 293 g/mol. The van der Waals surface area contributed by atoms with E-state index in [0.717, 1.165) is 5.56 Å². The van der Waals surface area contributed by atoms with Crippen molar-refractivity contribution in [3.8, 4) is 16.9 Å². The number of methoxy groups -OCH3 is 1. The van der Waals surface area contributed by atoms with Gasteiger partial charge in [-0.3, -0.25) is 0 Å². The van der Waals surface area contributed by atoms with Gasteiger partial charge in [0.05, 0.1) is 7.11 Å². The topological polar surface area (TPSA) is 21.3 Å². The van der Waals surface area contributed by atoms with Gasteiger partial charge in [0.1, 0.15) is 11.6 Å². The van der Waals surface area contributed by atoms with Crippen LogP contribution < -0.4 is 10.1 Å². The van der Waals surface area contributed by atoms with E-state index in [1.165, 1.54) is 6.07 Å². The lowest BCUT2D eigenvalue weighted by Crippen LogP contribution is -2.12. The van der Waals surface area contributed by atoms with Crippen LogP contribution in [0.5, 0.6) is 5.75 Å². The van der Waals surface area contributed by atoms with E-state index in [1.807, 2.05) is 20.0 Å². The van der Waals surface area contributed by atoms with E-state index < -0.39 is 0 Å². The van der Waals surface area contributed by atoms with Crippen molar-refractivity contribution in [2.75, 3.05) is 14.2 Å². The summed E-state index contributed by atoms with van der Waals surface area (Å²) in [4.78, 5) is 0. The first-order chi connectivity index (χ1) is 9.56. The summed E-state index contributed by atoms with van der Waals surface area (Å²) in [6, 6.07) is 10.4. The standard InChI is InChI=1S/C16H17ClFNO/c1-10(19-2)11-4-6-15(18)13(8-11)14-9-12(17)5-7-16(14)20-3/h4-10,19H,1-3H3. The third-order valence-electron chi connectivity index (χ3n) is 3.38. The molecule has 1 unspecified atom stereocenters. The SMILES string of the molecule is CNC(C)c1ccc(F)c(-c2cc(Cl)ccc2OC)c1. The molecule has 0 bridgehead atoms. The van der Waals surface area contributed by atoms with E-state index in [2.05, 4.69) is 5.32 Å². The lowest BCUT2D eigenvalue weighted by molar-refractivity contribution is 0.416. The van der Waals surface area contributed by atoms with Crippen LogP contribution in [0.25, 0.3) is 11.1 Å². The quantitative estimate of drug-likeness (QED) is 0.900. The van der Waals surface area contributed by atoms with Crippen molar-refractivity contribution in [3.05, 3.63) is 52.8 Å². The first-order valence-electron chi connectivity index (χ1n) is 6.37. The fourth-order valence-electron chi connectivity index (χ4n) is 2.08. The van der Waals surface area contributed by atoms with Gasteiger partial charge in [-0.2, -0.15) is 0 Å². The zero-order chi connectivity index (χ0) is 14.7. The molecule has 106 valence electrons. The second-order valence-electron chi connectivity index (χ2n) is 4.59. The summed E-state index contributed by atoms with van der Waals surface area (Å²) < 4.78 is 19.4. The lowest BCUT2D eigenvalue weighted by atomic mass is 9.99. The molecule has 0 saturated carbocycles. The molecule has 2 rings (SSSR count). The van der Waals surface area contributed by atoms with Gasteiger partial charge in [-0.25, -0.2) is 4.39 Å². The summed E-state index contributed by atoms with van der Waals surface area (Å²) >= 11 is 6.02. The van der Waals surface area contributed by atoms with Crippen molar-refractivity contribution in [1.29, 1.82) is 0 Å². The predicted octanol–water partition coefficient (Wildman–Crippen LogP) is 4.44. The maximum atomic E-state index is 14.2. The maximum absolute atomic E-state index is 14.2.